The summed E-state index contributed by atoms with van der Waals surface area (Å²) in [4.78, 5) is 35.9. The van der Waals surface area contributed by atoms with Gasteiger partial charge in [-0.1, -0.05) is 0 Å². The Kier molecular flexibility index (Phi) is 5.79. The Balaban J connectivity index is 2.25. The Bertz CT molecular complexity index is 376. The maximum absolute atomic E-state index is 11.8. The molecule has 7 nitrogen and oxygen atoms in total. The number of nitrogens with zero attached hydrogens (tertiary/aromatic N) is 1. The molecule has 1 rings (SSSR count). The number of carboxylic acid groups (broad SMARTS) is 1. The van der Waals surface area contributed by atoms with Gasteiger partial charge in [0, 0.05) is 19.6 Å². The van der Waals surface area contributed by atoms with E-state index in [4.69, 9.17) is 5.11 Å². The quantitative estimate of drug-likeness (QED) is 0.681. The van der Waals surface area contributed by atoms with Gasteiger partial charge in [-0.2, -0.15) is 0 Å². The molecule has 1 aliphatic rings. The zero-order chi connectivity index (χ0) is 15.2. The predicted molar refractivity (Wildman–Crippen MR) is 73.2 cm³/mol. The Morgan fingerprint density at radius 3 is 2.25 bits per heavy atom. The lowest BCUT2D eigenvalue weighted by Gasteiger charge is -2.26. The van der Waals surface area contributed by atoms with E-state index in [0.29, 0.717) is 0 Å². The minimum absolute atomic E-state index is 0.00602. The molecule has 1 fully saturated rings. The Morgan fingerprint density at radius 1 is 1.10 bits per heavy atom. The van der Waals surface area contributed by atoms with Crippen LogP contribution in [0, 0.1) is 5.41 Å². The Morgan fingerprint density at radius 2 is 1.70 bits per heavy atom. The molecule has 3 N–H and O–H groups in total. The molecule has 0 aliphatic carbocycles. The maximum atomic E-state index is 11.8. The standard InChI is InChI=1S/C13H23N3O4/c1-13(2,11(18)19)9-15-12(20)14-8-10(17)16-6-4-3-5-7-16/h3-9H2,1-2H3,(H,18,19)(H2,14,15,20). The number of carbonyl (C=O) groups is 3. The van der Waals surface area contributed by atoms with Gasteiger partial charge in [-0.3, -0.25) is 9.59 Å². The zero-order valence-corrected chi connectivity index (χ0v) is 12.1. The average Bonchev–Trinajstić information content (AvgIpc) is 2.43. The molecule has 0 spiro atoms. The topological polar surface area (TPSA) is 98.7 Å². The van der Waals surface area contributed by atoms with E-state index in [2.05, 4.69) is 10.6 Å². The lowest BCUT2D eigenvalue weighted by molar-refractivity contribution is -0.146. The van der Waals surface area contributed by atoms with Gasteiger partial charge in [-0.05, 0) is 33.1 Å². The van der Waals surface area contributed by atoms with E-state index >= 15 is 0 Å². The van der Waals surface area contributed by atoms with Crippen LogP contribution in [0.15, 0.2) is 0 Å². The Labute approximate surface area is 118 Å². The number of urea groups is 1. The van der Waals surface area contributed by atoms with Gasteiger partial charge in [-0.25, -0.2) is 4.79 Å². The third-order valence-electron chi connectivity index (χ3n) is 3.38. The van der Waals surface area contributed by atoms with Gasteiger partial charge >= 0.3 is 12.0 Å². The van der Waals surface area contributed by atoms with Gasteiger partial charge in [0.1, 0.15) is 0 Å². The van der Waals surface area contributed by atoms with Crippen molar-refractivity contribution in [2.45, 2.75) is 33.1 Å². The number of piperidine rings is 1. The van der Waals surface area contributed by atoms with Gasteiger partial charge in [0.15, 0.2) is 0 Å². The monoisotopic (exact) mass is 285 g/mol. The predicted octanol–water partition coefficient (Wildman–Crippen LogP) is 0.409. The molecule has 20 heavy (non-hydrogen) atoms. The summed E-state index contributed by atoms with van der Waals surface area (Å²) in [6.07, 6.45) is 3.15. The molecule has 0 aromatic heterocycles. The van der Waals surface area contributed by atoms with Gasteiger partial charge in [0.2, 0.25) is 5.91 Å². The summed E-state index contributed by atoms with van der Waals surface area (Å²) in [5, 5.41) is 13.8. The molecule has 1 heterocycles. The molecule has 0 aromatic rings. The number of likely N-dealkylation sites (tertiary alicyclic amines) is 1. The number of hydrogen-bond donors (Lipinski definition) is 3. The first kappa shape index (κ1) is 16.3. The fourth-order valence-electron chi connectivity index (χ4n) is 1.85. The minimum atomic E-state index is -1.03. The summed E-state index contributed by atoms with van der Waals surface area (Å²) in [5.74, 6) is -1.08. The van der Waals surface area contributed by atoms with Crippen LogP contribution in [0.5, 0.6) is 0 Å². The smallest absolute Gasteiger partial charge is 0.315 e. The van der Waals surface area contributed by atoms with Crippen LogP contribution in [0.3, 0.4) is 0 Å². The van der Waals surface area contributed by atoms with Crippen molar-refractivity contribution >= 4 is 17.9 Å². The second-order valence-corrected chi connectivity index (χ2v) is 5.67. The highest BCUT2D eigenvalue weighted by Crippen LogP contribution is 2.12. The van der Waals surface area contributed by atoms with Gasteiger partial charge in [0.25, 0.3) is 0 Å². The molecular formula is C13H23N3O4. The van der Waals surface area contributed by atoms with E-state index in [1.54, 1.807) is 4.90 Å². The fourth-order valence-corrected chi connectivity index (χ4v) is 1.85. The van der Waals surface area contributed by atoms with E-state index in [1.807, 2.05) is 0 Å². The zero-order valence-electron chi connectivity index (χ0n) is 12.1. The normalized spacial score (nSPS) is 15.6. The summed E-state index contributed by atoms with van der Waals surface area (Å²) >= 11 is 0. The van der Waals surface area contributed by atoms with Crippen LogP contribution >= 0.6 is 0 Å². The lowest BCUT2D eigenvalue weighted by Crippen LogP contribution is -2.47. The van der Waals surface area contributed by atoms with Crippen molar-refractivity contribution in [2.75, 3.05) is 26.2 Å². The molecular weight excluding hydrogens is 262 g/mol. The largest absolute Gasteiger partial charge is 0.481 e. The SMILES string of the molecule is CC(C)(CNC(=O)NCC(=O)N1CCCCC1)C(=O)O. The van der Waals surface area contributed by atoms with Gasteiger partial charge in [0.05, 0.1) is 12.0 Å². The first-order valence-electron chi connectivity index (χ1n) is 6.86. The van der Waals surface area contributed by atoms with Gasteiger partial charge < -0.3 is 20.6 Å². The highest BCUT2D eigenvalue weighted by Gasteiger charge is 2.27. The van der Waals surface area contributed by atoms with E-state index in [9.17, 15) is 14.4 Å². The second-order valence-electron chi connectivity index (χ2n) is 5.67. The third-order valence-corrected chi connectivity index (χ3v) is 3.38. The summed E-state index contributed by atoms with van der Waals surface area (Å²) in [5.41, 5.74) is -1.03. The van der Waals surface area contributed by atoms with E-state index in [1.165, 1.54) is 13.8 Å². The first-order valence-corrected chi connectivity index (χ1v) is 6.86. The van der Waals surface area contributed by atoms with E-state index in [-0.39, 0.29) is 19.0 Å². The van der Waals surface area contributed by atoms with Crippen molar-refractivity contribution in [1.82, 2.24) is 15.5 Å². The maximum Gasteiger partial charge on any atom is 0.315 e. The summed E-state index contributed by atoms with van der Waals surface area (Å²) in [7, 11) is 0. The van der Waals surface area contributed by atoms with Crippen LogP contribution in [0.2, 0.25) is 0 Å². The van der Waals surface area contributed by atoms with Crippen LogP contribution in [0.1, 0.15) is 33.1 Å². The number of hydrogen-bond acceptors (Lipinski definition) is 3. The molecule has 3 amide bonds. The minimum Gasteiger partial charge on any atom is -0.481 e. The molecule has 0 aromatic carbocycles. The number of carboxylic acids is 1. The van der Waals surface area contributed by atoms with Crippen molar-refractivity contribution in [2.24, 2.45) is 5.41 Å². The van der Waals surface area contributed by atoms with E-state index < -0.39 is 17.4 Å². The number of aliphatic carboxylic acids is 1. The highest BCUT2D eigenvalue weighted by atomic mass is 16.4. The highest BCUT2D eigenvalue weighted by molar-refractivity contribution is 5.84. The van der Waals surface area contributed by atoms with Crippen molar-refractivity contribution < 1.29 is 19.5 Å². The van der Waals surface area contributed by atoms with Crippen LogP contribution < -0.4 is 10.6 Å². The van der Waals surface area contributed by atoms with Crippen LogP contribution in [0.4, 0.5) is 4.79 Å². The third kappa shape index (κ3) is 5.07. The second kappa shape index (κ2) is 7.12. The summed E-state index contributed by atoms with van der Waals surface area (Å²) in [6, 6.07) is -0.523. The summed E-state index contributed by atoms with van der Waals surface area (Å²) < 4.78 is 0. The first-order chi connectivity index (χ1) is 9.33. The van der Waals surface area contributed by atoms with Crippen molar-refractivity contribution in [3.05, 3.63) is 0 Å². The average molecular weight is 285 g/mol. The van der Waals surface area contributed by atoms with Crippen LogP contribution in [-0.4, -0.2) is 54.1 Å². The van der Waals surface area contributed by atoms with Crippen LogP contribution in [-0.2, 0) is 9.59 Å². The fraction of sp³-hybridized carbons (Fsp3) is 0.769. The molecule has 7 heteroatoms. The molecule has 0 radical (unpaired) electrons. The Hall–Kier alpha value is -1.79. The molecule has 0 atom stereocenters. The summed E-state index contributed by atoms with van der Waals surface area (Å²) in [6.45, 7) is 4.48. The van der Waals surface area contributed by atoms with Crippen LogP contribution in [0.25, 0.3) is 0 Å². The van der Waals surface area contributed by atoms with E-state index in [0.717, 1.165) is 32.4 Å². The molecule has 0 unspecified atom stereocenters. The molecule has 0 saturated carbocycles. The van der Waals surface area contributed by atoms with Crippen molar-refractivity contribution in [3.63, 3.8) is 0 Å². The van der Waals surface area contributed by atoms with Crippen molar-refractivity contribution in [1.29, 1.82) is 0 Å². The number of rotatable bonds is 5. The molecule has 0 bridgehead atoms. The molecule has 1 aliphatic heterocycles. The molecule has 1 saturated heterocycles. The van der Waals surface area contributed by atoms with Crippen molar-refractivity contribution in [3.8, 4) is 0 Å². The number of amides is 3. The van der Waals surface area contributed by atoms with Gasteiger partial charge in [-0.15, -0.1) is 0 Å². The lowest BCUT2D eigenvalue weighted by atomic mass is 9.94. The number of nitrogens with one attached hydrogen (secondary N) is 2. The molecule has 114 valence electrons. The number of carbonyl (C=O) groups excluding carboxylic acids is 2.